The zero-order valence-corrected chi connectivity index (χ0v) is 17.3. The van der Waals surface area contributed by atoms with Gasteiger partial charge in [0.2, 0.25) is 5.91 Å². The van der Waals surface area contributed by atoms with E-state index in [-0.39, 0.29) is 25.0 Å². The molecule has 1 heterocycles. The maximum atomic E-state index is 12.4. The molecule has 162 valence electrons. The van der Waals surface area contributed by atoms with Gasteiger partial charge in [-0.25, -0.2) is 9.59 Å². The highest BCUT2D eigenvalue weighted by Gasteiger charge is 2.24. The SMILES string of the molecule is C[C@@H]1C=CC[C@H](NC(=O)OCc2ccccc2)c2cccc(c2)C[C@H](C(=O)O)NC1=O. The van der Waals surface area contributed by atoms with Crippen molar-refractivity contribution in [1.29, 1.82) is 0 Å². The molecule has 1 aliphatic rings. The smallest absolute Gasteiger partial charge is 0.407 e. The van der Waals surface area contributed by atoms with Crippen molar-refractivity contribution in [2.24, 2.45) is 5.92 Å². The van der Waals surface area contributed by atoms with Gasteiger partial charge in [-0.3, -0.25) is 4.79 Å². The molecular formula is C24H26N2O5. The van der Waals surface area contributed by atoms with Crippen LogP contribution in [0.2, 0.25) is 0 Å². The minimum atomic E-state index is -1.09. The lowest BCUT2D eigenvalue weighted by molar-refractivity contribution is -0.142. The van der Waals surface area contributed by atoms with Crippen LogP contribution in [0.4, 0.5) is 4.79 Å². The predicted octanol–water partition coefficient (Wildman–Crippen LogP) is 3.36. The Morgan fingerprint density at radius 2 is 1.94 bits per heavy atom. The molecule has 3 atom stereocenters. The third kappa shape index (κ3) is 6.44. The quantitative estimate of drug-likeness (QED) is 0.656. The van der Waals surface area contributed by atoms with Crippen LogP contribution < -0.4 is 10.6 Å². The van der Waals surface area contributed by atoms with Crippen LogP contribution in [0, 0.1) is 5.92 Å². The molecular weight excluding hydrogens is 396 g/mol. The topological polar surface area (TPSA) is 105 Å². The van der Waals surface area contributed by atoms with Gasteiger partial charge in [0.05, 0.1) is 12.0 Å². The molecule has 0 radical (unpaired) electrons. The highest BCUT2D eigenvalue weighted by atomic mass is 16.5. The lowest BCUT2D eigenvalue weighted by atomic mass is 9.96. The number of aliphatic carboxylic acids is 1. The molecule has 0 unspecified atom stereocenters. The number of hydrogen-bond donors (Lipinski definition) is 3. The summed E-state index contributed by atoms with van der Waals surface area (Å²) in [5.41, 5.74) is 2.48. The predicted molar refractivity (Wildman–Crippen MR) is 115 cm³/mol. The van der Waals surface area contributed by atoms with Crippen molar-refractivity contribution in [3.05, 3.63) is 83.4 Å². The second kappa shape index (κ2) is 10.4. The van der Waals surface area contributed by atoms with E-state index < -0.39 is 24.0 Å². The highest BCUT2D eigenvalue weighted by Crippen LogP contribution is 2.21. The van der Waals surface area contributed by atoms with Crippen molar-refractivity contribution in [3.8, 4) is 0 Å². The fraction of sp³-hybridized carbons (Fsp3) is 0.292. The molecule has 0 saturated carbocycles. The summed E-state index contributed by atoms with van der Waals surface area (Å²) >= 11 is 0. The van der Waals surface area contributed by atoms with Gasteiger partial charge < -0.3 is 20.5 Å². The number of carboxylic acids is 1. The summed E-state index contributed by atoms with van der Waals surface area (Å²) in [7, 11) is 0. The summed E-state index contributed by atoms with van der Waals surface area (Å²) < 4.78 is 5.35. The molecule has 2 bridgehead atoms. The first-order chi connectivity index (χ1) is 14.9. The van der Waals surface area contributed by atoms with Gasteiger partial charge in [-0.1, -0.05) is 73.7 Å². The van der Waals surface area contributed by atoms with Crippen molar-refractivity contribution in [2.45, 2.75) is 38.5 Å². The van der Waals surface area contributed by atoms with E-state index in [9.17, 15) is 19.5 Å². The number of amides is 2. The van der Waals surface area contributed by atoms with Gasteiger partial charge in [0, 0.05) is 6.42 Å². The molecule has 0 fully saturated rings. The largest absolute Gasteiger partial charge is 0.480 e. The van der Waals surface area contributed by atoms with E-state index in [1.54, 1.807) is 19.1 Å². The number of ether oxygens (including phenoxy) is 1. The Morgan fingerprint density at radius 1 is 1.16 bits per heavy atom. The lowest BCUT2D eigenvalue weighted by Crippen LogP contribution is -2.44. The van der Waals surface area contributed by atoms with Crippen LogP contribution in [-0.2, 0) is 27.4 Å². The summed E-state index contributed by atoms with van der Waals surface area (Å²) in [6.45, 7) is 1.86. The molecule has 2 aromatic carbocycles. The van der Waals surface area contributed by atoms with Crippen LogP contribution in [0.25, 0.3) is 0 Å². The summed E-state index contributed by atoms with van der Waals surface area (Å²) in [5.74, 6) is -1.94. The van der Waals surface area contributed by atoms with E-state index in [0.29, 0.717) is 6.42 Å². The number of nitrogens with one attached hydrogen (secondary N) is 2. The van der Waals surface area contributed by atoms with Gasteiger partial charge in [0.25, 0.3) is 0 Å². The minimum absolute atomic E-state index is 0.149. The monoisotopic (exact) mass is 422 g/mol. The molecule has 2 amide bonds. The Labute approximate surface area is 181 Å². The zero-order chi connectivity index (χ0) is 22.2. The normalized spacial score (nSPS) is 21.2. The molecule has 0 saturated heterocycles. The van der Waals surface area contributed by atoms with Crippen molar-refractivity contribution < 1.29 is 24.2 Å². The van der Waals surface area contributed by atoms with Crippen molar-refractivity contribution in [1.82, 2.24) is 10.6 Å². The fourth-order valence-corrected chi connectivity index (χ4v) is 3.37. The van der Waals surface area contributed by atoms with Gasteiger partial charge in [0.1, 0.15) is 12.6 Å². The van der Waals surface area contributed by atoms with Crippen LogP contribution in [0.1, 0.15) is 36.1 Å². The maximum Gasteiger partial charge on any atom is 0.407 e. The number of carboxylic acid groups (broad SMARTS) is 1. The van der Waals surface area contributed by atoms with Gasteiger partial charge >= 0.3 is 12.1 Å². The Hall–Kier alpha value is -3.61. The molecule has 1 aliphatic heterocycles. The Morgan fingerprint density at radius 3 is 2.68 bits per heavy atom. The van der Waals surface area contributed by atoms with Crippen LogP contribution in [0.5, 0.6) is 0 Å². The zero-order valence-electron chi connectivity index (χ0n) is 17.3. The first-order valence-electron chi connectivity index (χ1n) is 10.2. The standard InChI is InChI=1S/C24H26N2O5/c1-16-7-5-12-20(26-24(30)31-15-17-8-3-2-4-9-17)19-11-6-10-18(13-19)14-21(23(28)29)25-22(16)27/h2-11,13,16,20-21H,12,14-15H2,1H3,(H,25,27)(H,26,30)(H,28,29)/t16-,20+,21-/m1/s1. The maximum absolute atomic E-state index is 12.4. The van der Waals surface area contributed by atoms with E-state index in [4.69, 9.17) is 4.74 Å². The Balaban J connectivity index is 1.78. The average Bonchev–Trinajstić information content (AvgIpc) is 2.76. The van der Waals surface area contributed by atoms with E-state index in [2.05, 4.69) is 10.6 Å². The number of fused-ring (bicyclic) bond motifs is 2. The molecule has 2 aromatic rings. The van der Waals surface area contributed by atoms with Crippen molar-refractivity contribution >= 4 is 18.0 Å². The van der Waals surface area contributed by atoms with Crippen molar-refractivity contribution in [2.75, 3.05) is 0 Å². The number of alkyl carbamates (subject to hydrolysis) is 1. The number of carbonyl (C=O) groups is 3. The fourth-order valence-electron chi connectivity index (χ4n) is 3.37. The lowest BCUT2D eigenvalue weighted by Gasteiger charge is -2.21. The van der Waals surface area contributed by atoms with Crippen LogP contribution >= 0.6 is 0 Å². The third-order valence-corrected chi connectivity index (χ3v) is 5.12. The second-order valence-electron chi connectivity index (χ2n) is 7.56. The number of carbonyl (C=O) groups excluding carboxylic acids is 2. The molecule has 7 heteroatoms. The Kier molecular flexibility index (Phi) is 7.43. The summed E-state index contributed by atoms with van der Waals surface area (Å²) in [5, 5.41) is 15.0. The molecule has 3 rings (SSSR count). The Bertz CT molecular complexity index is 957. The average molecular weight is 422 g/mol. The molecule has 31 heavy (non-hydrogen) atoms. The van der Waals surface area contributed by atoms with Crippen LogP contribution in [0.3, 0.4) is 0 Å². The first-order valence-corrected chi connectivity index (χ1v) is 10.2. The minimum Gasteiger partial charge on any atom is -0.480 e. The summed E-state index contributed by atoms with van der Waals surface area (Å²) in [6, 6.07) is 15.3. The van der Waals surface area contributed by atoms with Gasteiger partial charge in [0.15, 0.2) is 0 Å². The molecule has 3 N–H and O–H groups in total. The van der Waals surface area contributed by atoms with E-state index in [0.717, 1.165) is 16.7 Å². The molecule has 7 nitrogen and oxygen atoms in total. The summed E-state index contributed by atoms with van der Waals surface area (Å²) in [6.07, 6.45) is 3.59. The van der Waals surface area contributed by atoms with Gasteiger partial charge in [-0.2, -0.15) is 0 Å². The van der Waals surface area contributed by atoms with E-state index in [1.807, 2.05) is 54.6 Å². The van der Waals surface area contributed by atoms with Crippen LogP contribution in [0.15, 0.2) is 66.7 Å². The van der Waals surface area contributed by atoms with E-state index in [1.165, 1.54) is 0 Å². The van der Waals surface area contributed by atoms with Gasteiger partial charge in [-0.05, 0) is 23.1 Å². The van der Waals surface area contributed by atoms with E-state index >= 15 is 0 Å². The van der Waals surface area contributed by atoms with Crippen molar-refractivity contribution in [3.63, 3.8) is 0 Å². The second-order valence-corrected chi connectivity index (χ2v) is 7.56. The van der Waals surface area contributed by atoms with Crippen LogP contribution in [-0.4, -0.2) is 29.1 Å². The summed E-state index contributed by atoms with van der Waals surface area (Å²) in [4.78, 5) is 36.4. The number of hydrogen-bond acceptors (Lipinski definition) is 4. The first kappa shape index (κ1) is 22.1. The highest BCUT2D eigenvalue weighted by molar-refractivity contribution is 5.86. The number of benzene rings is 2. The van der Waals surface area contributed by atoms with Gasteiger partial charge in [-0.15, -0.1) is 0 Å². The third-order valence-electron chi connectivity index (χ3n) is 5.12. The molecule has 0 spiro atoms. The molecule has 0 aliphatic carbocycles. The number of rotatable bonds is 4. The molecule has 0 aromatic heterocycles.